The molecular formula is C24H30N6O6. The molecule has 4 amide bonds. The fraction of sp³-hybridized carbons (Fsp3) is 0.417. The first-order valence-corrected chi connectivity index (χ1v) is 11.4. The zero-order chi connectivity index (χ0) is 26.6. The summed E-state index contributed by atoms with van der Waals surface area (Å²) in [6.07, 6.45) is 0.781. The summed E-state index contributed by atoms with van der Waals surface area (Å²) in [6, 6.07) is 7.69. The highest BCUT2D eigenvalue weighted by Gasteiger charge is 2.39. The second kappa shape index (κ2) is 10.6. The number of ketones is 1. The van der Waals surface area contributed by atoms with Crippen LogP contribution in [0, 0.1) is 0 Å². The number of primary amides is 1. The van der Waals surface area contributed by atoms with E-state index in [-0.39, 0.29) is 37.3 Å². The maximum atomic E-state index is 12.8. The average Bonchev–Trinajstić information content (AvgIpc) is 2.78. The minimum atomic E-state index is -1.42. The van der Waals surface area contributed by atoms with Crippen LogP contribution in [0.25, 0.3) is 5.69 Å². The molecule has 1 unspecified atom stereocenters. The van der Waals surface area contributed by atoms with E-state index in [9.17, 15) is 24.0 Å². The van der Waals surface area contributed by atoms with E-state index in [2.05, 4.69) is 10.3 Å². The molecule has 1 aliphatic heterocycles. The lowest BCUT2D eigenvalue weighted by atomic mass is 10.1. The van der Waals surface area contributed by atoms with Gasteiger partial charge in [-0.25, -0.2) is 14.4 Å². The van der Waals surface area contributed by atoms with Crippen LogP contribution in [0.1, 0.15) is 33.3 Å². The van der Waals surface area contributed by atoms with Gasteiger partial charge < -0.3 is 20.3 Å². The number of carbonyl (C=O) groups is 4. The molecule has 3 N–H and O–H groups in total. The van der Waals surface area contributed by atoms with Gasteiger partial charge in [0.2, 0.25) is 0 Å². The van der Waals surface area contributed by atoms with E-state index in [1.807, 2.05) is 0 Å². The van der Waals surface area contributed by atoms with E-state index < -0.39 is 29.3 Å². The molecule has 2 aromatic rings. The van der Waals surface area contributed by atoms with Crippen LogP contribution in [-0.4, -0.2) is 74.4 Å². The van der Waals surface area contributed by atoms with Crippen LogP contribution in [0.4, 0.5) is 15.4 Å². The van der Waals surface area contributed by atoms with Crippen molar-refractivity contribution in [2.45, 2.75) is 45.8 Å². The molecule has 1 aromatic carbocycles. The Labute approximate surface area is 208 Å². The summed E-state index contributed by atoms with van der Waals surface area (Å²) >= 11 is 0. The molecule has 0 bridgehead atoms. The fourth-order valence-corrected chi connectivity index (χ4v) is 4.03. The molecule has 1 atom stereocenters. The highest BCUT2D eigenvalue weighted by Crippen LogP contribution is 2.19. The van der Waals surface area contributed by atoms with Crippen molar-refractivity contribution < 1.29 is 23.9 Å². The highest BCUT2D eigenvalue weighted by atomic mass is 16.6. The van der Waals surface area contributed by atoms with Gasteiger partial charge in [0.05, 0.1) is 5.69 Å². The Balaban J connectivity index is 1.63. The number of anilines is 1. The van der Waals surface area contributed by atoms with Crippen molar-refractivity contribution in [2.75, 3.05) is 25.0 Å². The third-order valence-electron chi connectivity index (χ3n) is 5.75. The monoisotopic (exact) mass is 498 g/mol. The smallest absolute Gasteiger partial charge is 0.405 e. The number of nitrogens with zero attached hydrogens (tertiary/aromatic N) is 4. The van der Waals surface area contributed by atoms with Crippen molar-refractivity contribution >= 4 is 29.6 Å². The Morgan fingerprint density at radius 3 is 2.36 bits per heavy atom. The number of piperazine rings is 1. The normalized spacial score (nSPS) is 15.8. The summed E-state index contributed by atoms with van der Waals surface area (Å²) < 4.78 is 6.25. The van der Waals surface area contributed by atoms with Crippen LogP contribution in [-0.2, 0) is 20.7 Å². The lowest BCUT2D eigenvalue weighted by Gasteiger charge is -2.41. The van der Waals surface area contributed by atoms with Gasteiger partial charge in [-0.3, -0.25) is 19.5 Å². The number of amides is 4. The van der Waals surface area contributed by atoms with E-state index in [1.54, 1.807) is 31.2 Å². The Bertz CT molecular complexity index is 1220. The predicted molar refractivity (Wildman–Crippen MR) is 131 cm³/mol. The Morgan fingerprint density at radius 2 is 1.81 bits per heavy atom. The van der Waals surface area contributed by atoms with Gasteiger partial charge in [0.15, 0.2) is 5.60 Å². The first kappa shape index (κ1) is 26.4. The van der Waals surface area contributed by atoms with Crippen LogP contribution in [0.5, 0.6) is 0 Å². The van der Waals surface area contributed by atoms with E-state index in [1.165, 1.54) is 47.4 Å². The molecular weight excluding hydrogens is 468 g/mol. The standard InChI is InChI=1S/C24H30N6O6/c1-15-14-28(20(32)24(3,4)36-21(25)33)11-12-29(15)22(34)26-19-9-10-30(23(35)27-19)18-7-5-17(6-8-18)13-16(2)31/h5-10,15H,11-14H2,1-4H3,(H2,25,33)(H,26,27,34,35). The van der Waals surface area contributed by atoms with Crippen molar-refractivity contribution in [3.8, 4) is 5.69 Å². The molecule has 1 aliphatic rings. The van der Waals surface area contributed by atoms with Crippen molar-refractivity contribution in [1.82, 2.24) is 19.4 Å². The lowest BCUT2D eigenvalue weighted by Crippen LogP contribution is -2.60. The molecule has 2 heterocycles. The molecule has 1 saturated heterocycles. The minimum absolute atomic E-state index is 0.0462. The van der Waals surface area contributed by atoms with Gasteiger partial charge in [-0.15, -0.1) is 0 Å². The summed E-state index contributed by atoms with van der Waals surface area (Å²) in [4.78, 5) is 67.5. The van der Waals surface area contributed by atoms with Gasteiger partial charge in [0, 0.05) is 38.3 Å². The highest BCUT2D eigenvalue weighted by molar-refractivity contribution is 5.89. The molecule has 36 heavy (non-hydrogen) atoms. The van der Waals surface area contributed by atoms with Crippen LogP contribution in [0.2, 0.25) is 0 Å². The van der Waals surface area contributed by atoms with Crippen LogP contribution in [0.15, 0.2) is 41.3 Å². The molecule has 192 valence electrons. The number of rotatable bonds is 6. The fourth-order valence-electron chi connectivity index (χ4n) is 4.03. The second-order valence-electron chi connectivity index (χ2n) is 9.17. The largest absolute Gasteiger partial charge is 0.434 e. The second-order valence-corrected chi connectivity index (χ2v) is 9.17. The Morgan fingerprint density at radius 1 is 1.14 bits per heavy atom. The number of ether oxygens (including phenoxy) is 1. The summed E-state index contributed by atoms with van der Waals surface area (Å²) in [5.74, 6) is -0.270. The summed E-state index contributed by atoms with van der Waals surface area (Å²) in [5, 5.41) is 2.63. The van der Waals surface area contributed by atoms with Gasteiger partial charge >= 0.3 is 17.8 Å². The third-order valence-corrected chi connectivity index (χ3v) is 5.75. The van der Waals surface area contributed by atoms with Crippen molar-refractivity contribution in [2.24, 2.45) is 5.73 Å². The Kier molecular flexibility index (Phi) is 7.76. The number of Topliss-reactive ketones (excluding diaryl/α,β-unsaturated/α-hetero) is 1. The summed E-state index contributed by atoms with van der Waals surface area (Å²) in [5.41, 5.74) is 4.48. The summed E-state index contributed by atoms with van der Waals surface area (Å²) in [6.45, 7) is 6.90. The van der Waals surface area contributed by atoms with Gasteiger partial charge in [0.1, 0.15) is 11.6 Å². The molecule has 0 spiro atoms. The minimum Gasteiger partial charge on any atom is -0.434 e. The van der Waals surface area contributed by atoms with Crippen molar-refractivity contribution in [1.29, 1.82) is 0 Å². The first-order valence-electron chi connectivity index (χ1n) is 11.4. The van der Waals surface area contributed by atoms with Gasteiger partial charge in [-0.1, -0.05) is 12.1 Å². The molecule has 3 rings (SSSR count). The number of carbonyl (C=O) groups excluding carboxylic acids is 4. The lowest BCUT2D eigenvalue weighted by molar-refractivity contribution is -0.150. The van der Waals surface area contributed by atoms with Gasteiger partial charge in [0.25, 0.3) is 5.91 Å². The molecule has 0 radical (unpaired) electrons. The molecule has 0 saturated carbocycles. The van der Waals surface area contributed by atoms with E-state index >= 15 is 0 Å². The summed E-state index contributed by atoms with van der Waals surface area (Å²) in [7, 11) is 0. The number of benzene rings is 1. The number of nitrogens with one attached hydrogen (secondary N) is 1. The zero-order valence-electron chi connectivity index (χ0n) is 20.7. The first-order chi connectivity index (χ1) is 16.9. The van der Waals surface area contributed by atoms with Gasteiger partial charge in [-0.05, 0) is 51.5 Å². The third kappa shape index (κ3) is 6.26. The average molecular weight is 499 g/mol. The maximum absolute atomic E-state index is 12.8. The number of nitrogens with two attached hydrogens (primary N) is 1. The Hall–Kier alpha value is -4.22. The number of aromatic nitrogens is 2. The number of hydrogen-bond acceptors (Lipinski definition) is 7. The number of urea groups is 1. The zero-order valence-corrected chi connectivity index (χ0v) is 20.7. The van der Waals surface area contributed by atoms with E-state index in [0.29, 0.717) is 12.1 Å². The molecule has 1 fully saturated rings. The molecule has 12 heteroatoms. The van der Waals surface area contributed by atoms with Crippen LogP contribution in [0.3, 0.4) is 0 Å². The van der Waals surface area contributed by atoms with Crippen molar-refractivity contribution in [3.05, 3.63) is 52.6 Å². The van der Waals surface area contributed by atoms with Gasteiger partial charge in [-0.2, -0.15) is 4.98 Å². The SMILES string of the molecule is CC(=O)Cc1ccc(-n2ccc(NC(=O)N3CCN(C(=O)C(C)(C)OC(N)=O)CC3C)nc2=O)cc1. The van der Waals surface area contributed by atoms with Crippen molar-refractivity contribution in [3.63, 3.8) is 0 Å². The molecule has 1 aromatic heterocycles. The van der Waals surface area contributed by atoms with E-state index in [0.717, 1.165) is 5.56 Å². The maximum Gasteiger partial charge on any atom is 0.405 e. The topological polar surface area (TPSA) is 157 Å². The van der Waals surface area contributed by atoms with E-state index in [4.69, 9.17) is 10.5 Å². The number of hydrogen-bond donors (Lipinski definition) is 2. The van der Waals surface area contributed by atoms with Crippen LogP contribution < -0.4 is 16.7 Å². The molecule has 12 nitrogen and oxygen atoms in total. The molecule has 0 aliphatic carbocycles. The van der Waals surface area contributed by atoms with Crippen LogP contribution >= 0.6 is 0 Å². The predicted octanol–water partition coefficient (Wildman–Crippen LogP) is 1.30. The quantitative estimate of drug-likeness (QED) is 0.608.